The van der Waals surface area contributed by atoms with Gasteiger partial charge < -0.3 is 10.4 Å². The molecule has 0 amide bonds. The van der Waals surface area contributed by atoms with Crippen molar-refractivity contribution in [3.8, 4) is 0 Å². The van der Waals surface area contributed by atoms with Crippen LogP contribution in [0.3, 0.4) is 0 Å². The molecular formula is C12H19N3O2S. The van der Waals surface area contributed by atoms with Crippen LogP contribution in [0.4, 0.5) is 5.82 Å². The van der Waals surface area contributed by atoms with Gasteiger partial charge in [-0.1, -0.05) is 13.8 Å². The Bertz CT molecular complexity index is 368. The number of carboxylic acids is 1. The molecule has 0 radical (unpaired) electrons. The van der Waals surface area contributed by atoms with E-state index in [0.717, 1.165) is 24.6 Å². The van der Waals surface area contributed by atoms with Gasteiger partial charge in [0.25, 0.3) is 0 Å². The number of carbonyl (C=O) groups is 1. The molecule has 0 aliphatic rings. The molecule has 0 unspecified atom stereocenters. The van der Waals surface area contributed by atoms with Crippen LogP contribution in [-0.2, 0) is 0 Å². The zero-order valence-corrected chi connectivity index (χ0v) is 11.5. The Labute approximate surface area is 111 Å². The standard InChI is InChI=1S/C12H19N3O2S/c1-9(2)8-18-5-3-4-13-11-7-14-10(6-15-11)12(16)17/h6-7,9H,3-5,8H2,1-2H3,(H,13,15)(H,16,17). The minimum absolute atomic E-state index is 0.0342. The van der Waals surface area contributed by atoms with E-state index in [9.17, 15) is 4.79 Å². The van der Waals surface area contributed by atoms with E-state index in [1.807, 2.05) is 11.8 Å². The third-order valence-electron chi connectivity index (χ3n) is 2.09. The predicted octanol–water partition coefficient (Wildman–Crippen LogP) is 2.37. The fourth-order valence-corrected chi connectivity index (χ4v) is 2.23. The van der Waals surface area contributed by atoms with Gasteiger partial charge in [0, 0.05) is 6.54 Å². The van der Waals surface area contributed by atoms with Crippen molar-refractivity contribution >= 4 is 23.5 Å². The number of anilines is 1. The lowest BCUT2D eigenvalue weighted by Crippen LogP contribution is -2.07. The minimum atomic E-state index is -1.06. The Kier molecular flexibility index (Phi) is 6.49. The van der Waals surface area contributed by atoms with Gasteiger partial charge in [0.15, 0.2) is 5.69 Å². The summed E-state index contributed by atoms with van der Waals surface area (Å²) in [6, 6.07) is 0. The summed E-state index contributed by atoms with van der Waals surface area (Å²) in [4.78, 5) is 18.3. The first-order valence-electron chi connectivity index (χ1n) is 5.96. The molecule has 1 aromatic heterocycles. The maximum Gasteiger partial charge on any atom is 0.356 e. The summed E-state index contributed by atoms with van der Waals surface area (Å²) in [7, 11) is 0. The maximum atomic E-state index is 10.6. The first-order chi connectivity index (χ1) is 8.59. The van der Waals surface area contributed by atoms with Crippen LogP contribution in [0.1, 0.15) is 30.8 Å². The number of hydrogen-bond acceptors (Lipinski definition) is 5. The van der Waals surface area contributed by atoms with Crippen LogP contribution in [-0.4, -0.2) is 39.1 Å². The topological polar surface area (TPSA) is 75.1 Å². The Hall–Kier alpha value is -1.30. The SMILES string of the molecule is CC(C)CSCCCNc1cnc(C(=O)O)cn1. The molecule has 0 saturated carbocycles. The number of rotatable bonds is 8. The molecule has 1 heterocycles. The molecule has 1 aromatic rings. The van der Waals surface area contributed by atoms with Crippen LogP contribution >= 0.6 is 11.8 Å². The third-order valence-corrected chi connectivity index (χ3v) is 3.57. The van der Waals surface area contributed by atoms with Gasteiger partial charge in [-0.3, -0.25) is 0 Å². The number of aromatic nitrogens is 2. The van der Waals surface area contributed by atoms with Crippen LogP contribution in [0, 0.1) is 5.92 Å². The zero-order valence-electron chi connectivity index (χ0n) is 10.7. The number of hydrogen-bond donors (Lipinski definition) is 2. The van der Waals surface area contributed by atoms with Gasteiger partial charge in [0.2, 0.25) is 0 Å². The van der Waals surface area contributed by atoms with Crippen molar-refractivity contribution in [2.75, 3.05) is 23.4 Å². The van der Waals surface area contributed by atoms with Crippen molar-refractivity contribution in [3.05, 3.63) is 18.1 Å². The number of carboxylic acid groups (broad SMARTS) is 1. The van der Waals surface area contributed by atoms with Crippen molar-refractivity contribution in [2.24, 2.45) is 5.92 Å². The van der Waals surface area contributed by atoms with Gasteiger partial charge >= 0.3 is 5.97 Å². The normalized spacial score (nSPS) is 10.6. The number of nitrogens with one attached hydrogen (secondary N) is 1. The Morgan fingerprint density at radius 3 is 2.78 bits per heavy atom. The van der Waals surface area contributed by atoms with Crippen molar-refractivity contribution < 1.29 is 9.90 Å². The van der Waals surface area contributed by atoms with E-state index in [2.05, 4.69) is 29.1 Å². The number of nitrogens with zero attached hydrogens (tertiary/aromatic N) is 2. The lowest BCUT2D eigenvalue weighted by atomic mass is 10.3. The molecule has 0 spiro atoms. The third kappa shape index (κ3) is 5.86. The fourth-order valence-electron chi connectivity index (χ4n) is 1.24. The molecule has 6 heteroatoms. The molecule has 0 aliphatic carbocycles. The fraction of sp³-hybridized carbons (Fsp3) is 0.583. The van der Waals surface area contributed by atoms with E-state index < -0.39 is 5.97 Å². The number of thioether (sulfide) groups is 1. The summed E-state index contributed by atoms with van der Waals surface area (Å²) in [6.07, 6.45) is 3.77. The average molecular weight is 269 g/mol. The summed E-state index contributed by atoms with van der Waals surface area (Å²) in [5.74, 6) is 2.60. The van der Waals surface area contributed by atoms with Crippen molar-refractivity contribution in [3.63, 3.8) is 0 Å². The minimum Gasteiger partial charge on any atom is -0.476 e. The average Bonchev–Trinajstić information content (AvgIpc) is 2.34. The molecule has 5 nitrogen and oxygen atoms in total. The van der Waals surface area contributed by atoms with Gasteiger partial charge in [-0.2, -0.15) is 11.8 Å². The van der Waals surface area contributed by atoms with E-state index in [-0.39, 0.29) is 5.69 Å². The highest BCUT2D eigenvalue weighted by Crippen LogP contribution is 2.09. The maximum absolute atomic E-state index is 10.6. The highest BCUT2D eigenvalue weighted by Gasteiger charge is 2.04. The summed E-state index contributed by atoms with van der Waals surface area (Å²) in [5.41, 5.74) is -0.0342. The number of aromatic carboxylic acids is 1. The van der Waals surface area contributed by atoms with Gasteiger partial charge in [0.1, 0.15) is 5.82 Å². The molecule has 0 fully saturated rings. The summed E-state index contributed by atoms with van der Waals surface area (Å²) in [5, 5.41) is 11.8. The molecule has 0 aliphatic heterocycles. The molecule has 1 rings (SSSR count). The zero-order chi connectivity index (χ0) is 13.4. The molecule has 0 saturated heterocycles. The summed E-state index contributed by atoms with van der Waals surface area (Å²) in [6.45, 7) is 5.25. The second-order valence-corrected chi connectivity index (χ2v) is 5.49. The summed E-state index contributed by atoms with van der Waals surface area (Å²) < 4.78 is 0. The lowest BCUT2D eigenvalue weighted by Gasteiger charge is -2.06. The highest BCUT2D eigenvalue weighted by atomic mass is 32.2. The molecule has 18 heavy (non-hydrogen) atoms. The van der Waals surface area contributed by atoms with Crippen LogP contribution in [0.25, 0.3) is 0 Å². The molecular weight excluding hydrogens is 250 g/mol. The molecule has 100 valence electrons. The van der Waals surface area contributed by atoms with Crippen LogP contribution in [0.5, 0.6) is 0 Å². The second kappa shape index (κ2) is 7.92. The quantitative estimate of drug-likeness (QED) is 0.706. The van der Waals surface area contributed by atoms with Crippen LogP contribution < -0.4 is 5.32 Å². The van der Waals surface area contributed by atoms with Gasteiger partial charge in [0.05, 0.1) is 12.4 Å². The smallest absolute Gasteiger partial charge is 0.356 e. The monoisotopic (exact) mass is 269 g/mol. The largest absolute Gasteiger partial charge is 0.476 e. The van der Waals surface area contributed by atoms with E-state index in [4.69, 9.17) is 5.11 Å². The molecule has 0 aromatic carbocycles. The molecule has 0 bridgehead atoms. The Morgan fingerprint density at radius 2 is 2.22 bits per heavy atom. The molecule has 0 atom stereocenters. The van der Waals surface area contributed by atoms with Crippen molar-refractivity contribution in [2.45, 2.75) is 20.3 Å². The Morgan fingerprint density at radius 1 is 1.44 bits per heavy atom. The van der Waals surface area contributed by atoms with E-state index in [0.29, 0.717) is 5.82 Å². The first-order valence-corrected chi connectivity index (χ1v) is 7.12. The Balaban J connectivity index is 2.17. The van der Waals surface area contributed by atoms with Crippen LogP contribution in [0.15, 0.2) is 12.4 Å². The lowest BCUT2D eigenvalue weighted by molar-refractivity contribution is 0.0690. The van der Waals surface area contributed by atoms with Crippen LogP contribution in [0.2, 0.25) is 0 Å². The van der Waals surface area contributed by atoms with E-state index in [1.54, 1.807) is 0 Å². The van der Waals surface area contributed by atoms with Gasteiger partial charge in [-0.05, 0) is 23.8 Å². The predicted molar refractivity (Wildman–Crippen MR) is 74.3 cm³/mol. The summed E-state index contributed by atoms with van der Waals surface area (Å²) >= 11 is 1.95. The molecule has 2 N–H and O–H groups in total. The second-order valence-electron chi connectivity index (χ2n) is 4.34. The highest BCUT2D eigenvalue weighted by molar-refractivity contribution is 7.99. The van der Waals surface area contributed by atoms with Crippen molar-refractivity contribution in [1.29, 1.82) is 0 Å². The van der Waals surface area contributed by atoms with Crippen molar-refractivity contribution in [1.82, 2.24) is 9.97 Å². The first kappa shape index (κ1) is 14.8. The van der Waals surface area contributed by atoms with Gasteiger partial charge in [-0.15, -0.1) is 0 Å². The van der Waals surface area contributed by atoms with E-state index in [1.165, 1.54) is 18.1 Å². The van der Waals surface area contributed by atoms with E-state index >= 15 is 0 Å². The van der Waals surface area contributed by atoms with Gasteiger partial charge in [-0.25, -0.2) is 14.8 Å².